The first kappa shape index (κ1) is 12.9. The summed E-state index contributed by atoms with van der Waals surface area (Å²) in [6, 6.07) is 6.92. The average Bonchev–Trinajstić information content (AvgIpc) is 3.07. The van der Waals surface area contributed by atoms with E-state index in [1.165, 1.54) is 24.0 Å². The molecule has 2 heterocycles. The van der Waals surface area contributed by atoms with E-state index >= 15 is 0 Å². The third-order valence-corrected chi connectivity index (χ3v) is 4.51. The van der Waals surface area contributed by atoms with Gasteiger partial charge in [0.15, 0.2) is 0 Å². The van der Waals surface area contributed by atoms with Crippen molar-refractivity contribution in [2.24, 2.45) is 13.0 Å². The van der Waals surface area contributed by atoms with Gasteiger partial charge in [-0.25, -0.2) is 4.98 Å². The second-order valence-corrected chi connectivity index (χ2v) is 6.13. The van der Waals surface area contributed by atoms with Crippen molar-refractivity contribution in [2.45, 2.75) is 31.8 Å². The Balaban J connectivity index is 1.48. The van der Waals surface area contributed by atoms with Gasteiger partial charge in [0.05, 0.1) is 12.6 Å². The molecule has 0 spiro atoms. The minimum absolute atomic E-state index is 0.370. The van der Waals surface area contributed by atoms with Crippen LogP contribution >= 0.6 is 0 Å². The largest absolute Gasteiger partial charge is 0.493 e. The number of nitrogens with one attached hydrogen (secondary N) is 1. The van der Waals surface area contributed by atoms with Crippen molar-refractivity contribution in [3.63, 3.8) is 0 Å². The molecule has 0 radical (unpaired) electrons. The van der Waals surface area contributed by atoms with E-state index in [9.17, 15) is 0 Å². The number of aromatic nitrogens is 2. The van der Waals surface area contributed by atoms with Crippen molar-refractivity contribution < 1.29 is 4.74 Å². The van der Waals surface area contributed by atoms with Crippen molar-refractivity contribution in [1.82, 2.24) is 14.9 Å². The molecule has 1 aliphatic carbocycles. The topological polar surface area (TPSA) is 39.1 Å². The number of ether oxygens (including phenoxy) is 1. The molecule has 1 atom stereocenters. The Kier molecular flexibility index (Phi) is 3.19. The summed E-state index contributed by atoms with van der Waals surface area (Å²) in [5.74, 6) is 2.95. The number of fused-ring (bicyclic) bond motifs is 1. The molecular weight excluding hydrogens is 262 g/mol. The standard InChI is InChI=1S/C17H21N3O/c1-20-8-7-18-17(20)16(13-3-4-13)19-11-12-2-5-15-14(10-12)6-9-21-15/h2,5,7-8,10,13,16,19H,3-4,6,9,11H2,1H3. The van der Waals surface area contributed by atoms with Gasteiger partial charge in [-0.05, 0) is 36.0 Å². The molecule has 1 aliphatic heterocycles. The van der Waals surface area contributed by atoms with Crippen molar-refractivity contribution in [1.29, 1.82) is 0 Å². The van der Waals surface area contributed by atoms with Crippen molar-refractivity contribution in [3.05, 3.63) is 47.5 Å². The summed E-state index contributed by atoms with van der Waals surface area (Å²) < 4.78 is 7.70. The molecule has 21 heavy (non-hydrogen) atoms. The molecule has 1 N–H and O–H groups in total. The molecule has 1 aromatic heterocycles. The molecule has 1 saturated carbocycles. The number of nitrogens with zero attached hydrogens (tertiary/aromatic N) is 2. The Hall–Kier alpha value is -1.81. The highest BCUT2D eigenvalue weighted by atomic mass is 16.5. The smallest absolute Gasteiger partial charge is 0.125 e. The molecule has 1 aromatic carbocycles. The lowest BCUT2D eigenvalue weighted by molar-refractivity contribution is 0.356. The van der Waals surface area contributed by atoms with Gasteiger partial charge < -0.3 is 14.6 Å². The van der Waals surface area contributed by atoms with E-state index in [0.29, 0.717) is 6.04 Å². The number of aryl methyl sites for hydroxylation is 1. The maximum atomic E-state index is 5.57. The highest BCUT2D eigenvalue weighted by Gasteiger charge is 2.34. The second kappa shape index (κ2) is 5.19. The van der Waals surface area contributed by atoms with Gasteiger partial charge in [-0.3, -0.25) is 0 Å². The monoisotopic (exact) mass is 283 g/mol. The van der Waals surface area contributed by atoms with Gasteiger partial charge in [0.1, 0.15) is 11.6 Å². The Bertz CT molecular complexity index is 645. The van der Waals surface area contributed by atoms with Crippen LogP contribution in [0.3, 0.4) is 0 Å². The van der Waals surface area contributed by atoms with Gasteiger partial charge in [-0.1, -0.05) is 12.1 Å². The first-order valence-electron chi connectivity index (χ1n) is 7.76. The Morgan fingerprint density at radius 2 is 2.33 bits per heavy atom. The molecule has 4 heteroatoms. The SMILES string of the molecule is Cn1ccnc1C(NCc1ccc2c(c1)CCO2)C1CC1. The fourth-order valence-electron chi connectivity index (χ4n) is 3.15. The van der Waals surface area contributed by atoms with E-state index in [4.69, 9.17) is 4.74 Å². The van der Waals surface area contributed by atoms with Crippen LogP contribution < -0.4 is 10.1 Å². The van der Waals surface area contributed by atoms with Crippen LogP contribution in [0, 0.1) is 5.92 Å². The Morgan fingerprint density at radius 1 is 1.43 bits per heavy atom. The van der Waals surface area contributed by atoms with Crippen molar-refractivity contribution in [2.75, 3.05) is 6.61 Å². The maximum Gasteiger partial charge on any atom is 0.125 e. The minimum Gasteiger partial charge on any atom is -0.493 e. The fraction of sp³-hybridized carbons (Fsp3) is 0.471. The lowest BCUT2D eigenvalue weighted by atomic mass is 10.1. The number of imidazole rings is 1. The molecule has 2 aromatic rings. The van der Waals surface area contributed by atoms with Gasteiger partial charge in [0.25, 0.3) is 0 Å². The van der Waals surface area contributed by atoms with Crippen LogP contribution in [0.4, 0.5) is 0 Å². The number of hydrogen-bond donors (Lipinski definition) is 1. The highest BCUT2D eigenvalue weighted by Crippen LogP contribution is 2.40. The van der Waals surface area contributed by atoms with Gasteiger partial charge in [-0.2, -0.15) is 0 Å². The Labute approximate surface area is 125 Å². The minimum atomic E-state index is 0.370. The molecule has 4 nitrogen and oxygen atoms in total. The molecule has 110 valence electrons. The highest BCUT2D eigenvalue weighted by molar-refractivity contribution is 5.39. The molecule has 0 bridgehead atoms. The average molecular weight is 283 g/mol. The van der Waals surface area contributed by atoms with Crippen molar-refractivity contribution >= 4 is 0 Å². The van der Waals surface area contributed by atoms with E-state index in [0.717, 1.165) is 37.1 Å². The van der Waals surface area contributed by atoms with Crippen LogP contribution in [0.5, 0.6) is 5.75 Å². The van der Waals surface area contributed by atoms with E-state index in [1.54, 1.807) is 0 Å². The fourth-order valence-corrected chi connectivity index (χ4v) is 3.15. The van der Waals surface area contributed by atoms with Crippen LogP contribution in [0.2, 0.25) is 0 Å². The second-order valence-electron chi connectivity index (χ2n) is 6.13. The van der Waals surface area contributed by atoms with Gasteiger partial charge in [-0.15, -0.1) is 0 Å². The first-order chi connectivity index (χ1) is 10.3. The molecule has 4 rings (SSSR count). The molecule has 0 saturated heterocycles. The first-order valence-corrected chi connectivity index (χ1v) is 7.76. The number of hydrogen-bond acceptors (Lipinski definition) is 3. The quantitative estimate of drug-likeness (QED) is 0.916. The zero-order valence-corrected chi connectivity index (χ0v) is 12.4. The molecule has 1 unspecified atom stereocenters. The molecule has 0 amide bonds. The number of benzene rings is 1. The van der Waals surface area contributed by atoms with E-state index < -0.39 is 0 Å². The van der Waals surface area contributed by atoms with Gasteiger partial charge in [0.2, 0.25) is 0 Å². The van der Waals surface area contributed by atoms with E-state index in [1.807, 2.05) is 12.4 Å². The van der Waals surface area contributed by atoms with Crippen LogP contribution in [0.15, 0.2) is 30.6 Å². The zero-order valence-electron chi connectivity index (χ0n) is 12.4. The summed E-state index contributed by atoms with van der Waals surface area (Å²) in [4.78, 5) is 4.53. The summed E-state index contributed by atoms with van der Waals surface area (Å²) in [6.07, 6.45) is 7.57. The lowest BCUT2D eigenvalue weighted by Crippen LogP contribution is -2.25. The molecule has 1 fully saturated rings. The predicted molar refractivity (Wildman–Crippen MR) is 81.2 cm³/mol. The van der Waals surface area contributed by atoms with Crippen LogP contribution in [-0.4, -0.2) is 16.2 Å². The summed E-state index contributed by atoms with van der Waals surface area (Å²) in [6.45, 7) is 1.71. The maximum absolute atomic E-state index is 5.57. The zero-order chi connectivity index (χ0) is 14.2. The Morgan fingerprint density at radius 3 is 3.10 bits per heavy atom. The van der Waals surface area contributed by atoms with E-state index in [2.05, 4.69) is 40.1 Å². The van der Waals surface area contributed by atoms with Crippen LogP contribution in [0.25, 0.3) is 0 Å². The van der Waals surface area contributed by atoms with Crippen LogP contribution in [0.1, 0.15) is 35.8 Å². The summed E-state index contributed by atoms with van der Waals surface area (Å²) in [7, 11) is 2.08. The predicted octanol–water partition coefficient (Wildman–Crippen LogP) is 2.60. The normalized spacial score (nSPS) is 18.3. The summed E-state index contributed by atoms with van der Waals surface area (Å²) >= 11 is 0. The third kappa shape index (κ3) is 2.56. The lowest BCUT2D eigenvalue weighted by Gasteiger charge is -2.18. The third-order valence-electron chi connectivity index (χ3n) is 4.51. The van der Waals surface area contributed by atoms with Gasteiger partial charge in [0, 0.05) is 32.4 Å². The number of rotatable bonds is 5. The summed E-state index contributed by atoms with van der Waals surface area (Å²) in [5, 5.41) is 3.71. The van der Waals surface area contributed by atoms with E-state index in [-0.39, 0.29) is 0 Å². The van der Waals surface area contributed by atoms with Crippen molar-refractivity contribution in [3.8, 4) is 5.75 Å². The summed E-state index contributed by atoms with van der Waals surface area (Å²) in [5.41, 5.74) is 2.67. The molecular formula is C17H21N3O. The van der Waals surface area contributed by atoms with Gasteiger partial charge >= 0.3 is 0 Å². The molecule has 2 aliphatic rings. The van der Waals surface area contributed by atoms with Crippen LogP contribution in [-0.2, 0) is 20.0 Å².